The van der Waals surface area contributed by atoms with E-state index in [9.17, 15) is 13.2 Å². The molecule has 0 amide bonds. The van der Waals surface area contributed by atoms with E-state index >= 15 is 0 Å². The lowest BCUT2D eigenvalue weighted by Crippen LogP contribution is -2.20. The van der Waals surface area contributed by atoms with Gasteiger partial charge >= 0.3 is 0 Å². The Morgan fingerprint density at radius 2 is 1.89 bits per heavy atom. The second kappa shape index (κ2) is 5.05. The summed E-state index contributed by atoms with van der Waals surface area (Å²) >= 11 is 0. The third kappa shape index (κ3) is 2.49. The SMILES string of the molecule is CC(C)C(N)c1cncn1-c1cc(F)cc(F)c1F. The monoisotopic (exact) mass is 269 g/mol. The van der Waals surface area contributed by atoms with Gasteiger partial charge in [-0.15, -0.1) is 0 Å². The molecule has 2 N–H and O–H groups in total. The molecule has 1 unspecified atom stereocenters. The number of hydrogen-bond donors (Lipinski definition) is 1. The summed E-state index contributed by atoms with van der Waals surface area (Å²) in [4.78, 5) is 3.87. The van der Waals surface area contributed by atoms with Gasteiger partial charge in [-0.05, 0) is 5.92 Å². The maximum absolute atomic E-state index is 13.8. The summed E-state index contributed by atoms with van der Waals surface area (Å²) in [6.07, 6.45) is 2.75. The fourth-order valence-corrected chi connectivity index (χ4v) is 1.81. The van der Waals surface area contributed by atoms with E-state index in [-0.39, 0.29) is 11.6 Å². The predicted molar refractivity (Wildman–Crippen MR) is 65.2 cm³/mol. The molecular formula is C13H14F3N3. The van der Waals surface area contributed by atoms with Gasteiger partial charge in [0.05, 0.1) is 23.9 Å². The molecule has 2 rings (SSSR count). The topological polar surface area (TPSA) is 43.8 Å². The van der Waals surface area contributed by atoms with Gasteiger partial charge in [-0.2, -0.15) is 0 Å². The molecule has 1 aromatic carbocycles. The molecule has 0 aliphatic rings. The Morgan fingerprint density at radius 1 is 1.21 bits per heavy atom. The Hall–Kier alpha value is -1.82. The van der Waals surface area contributed by atoms with Gasteiger partial charge in [-0.25, -0.2) is 18.2 Å². The summed E-state index contributed by atoms with van der Waals surface area (Å²) in [6.45, 7) is 3.79. The predicted octanol–water partition coefficient (Wildman–Crippen LogP) is 2.95. The molecule has 2 aromatic rings. The number of hydrogen-bond acceptors (Lipinski definition) is 2. The highest BCUT2D eigenvalue weighted by atomic mass is 19.2. The van der Waals surface area contributed by atoms with E-state index in [1.807, 2.05) is 13.8 Å². The fourth-order valence-electron chi connectivity index (χ4n) is 1.81. The zero-order valence-corrected chi connectivity index (χ0v) is 10.6. The van der Waals surface area contributed by atoms with Gasteiger partial charge in [0.2, 0.25) is 0 Å². The molecule has 102 valence electrons. The van der Waals surface area contributed by atoms with E-state index in [2.05, 4.69) is 4.98 Å². The highest BCUT2D eigenvalue weighted by Gasteiger charge is 2.20. The molecule has 6 heteroatoms. The Balaban J connectivity index is 2.58. The molecule has 19 heavy (non-hydrogen) atoms. The lowest BCUT2D eigenvalue weighted by Gasteiger charge is -2.18. The lowest BCUT2D eigenvalue weighted by molar-refractivity contribution is 0.477. The Kier molecular flexibility index (Phi) is 3.61. The number of aromatic nitrogens is 2. The van der Waals surface area contributed by atoms with Crippen molar-refractivity contribution in [2.24, 2.45) is 11.7 Å². The van der Waals surface area contributed by atoms with Crippen molar-refractivity contribution >= 4 is 0 Å². The van der Waals surface area contributed by atoms with E-state index in [1.54, 1.807) is 0 Å². The maximum atomic E-state index is 13.8. The summed E-state index contributed by atoms with van der Waals surface area (Å²) in [7, 11) is 0. The smallest absolute Gasteiger partial charge is 0.183 e. The first-order valence-electron chi connectivity index (χ1n) is 5.84. The first-order valence-corrected chi connectivity index (χ1v) is 5.84. The molecule has 0 aliphatic carbocycles. The third-order valence-corrected chi connectivity index (χ3v) is 2.96. The zero-order chi connectivity index (χ0) is 14.2. The molecule has 1 atom stereocenters. The van der Waals surface area contributed by atoms with Crippen LogP contribution in [0.3, 0.4) is 0 Å². The molecule has 1 aromatic heterocycles. The van der Waals surface area contributed by atoms with Gasteiger partial charge in [-0.3, -0.25) is 4.57 Å². The van der Waals surface area contributed by atoms with Gasteiger partial charge in [0.15, 0.2) is 11.6 Å². The first kappa shape index (κ1) is 13.6. The molecule has 0 aliphatic heterocycles. The van der Waals surface area contributed by atoms with Crippen molar-refractivity contribution in [1.29, 1.82) is 0 Å². The van der Waals surface area contributed by atoms with Crippen LogP contribution in [0.1, 0.15) is 25.6 Å². The second-order valence-electron chi connectivity index (χ2n) is 4.68. The summed E-state index contributed by atoms with van der Waals surface area (Å²) in [5, 5.41) is 0. The van der Waals surface area contributed by atoms with Crippen LogP contribution < -0.4 is 5.73 Å². The summed E-state index contributed by atoms with van der Waals surface area (Å²) in [5.41, 5.74) is 6.24. The van der Waals surface area contributed by atoms with Crippen LogP contribution in [0, 0.1) is 23.4 Å². The number of nitrogens with two attached hydrogens (primary N) is 1. The Morgan fingerprint density at radius 3 is 2.53 bits per heavy atom. The van der Waals surface area contributed by atoms with Gasteiger partial charge in [-0.1, -0.05) is 13.8 Å². The van der Waals surface area contributed by atoms with Crippen molar-refractivity contribution in [3.63, 3.8) is 0 Å². The van der Waals surface area contributed by atoms with Crippen molar-refractivity contribution < 1.29 is 13.2 Å². The van der Waals surface area contributed by atoms with Crippen molar-refractivity contribution in [2.75, 3.05) is 0 Å². The van der Waals surface area contributed by atoms with Crippen molar-refractivity contribution in [1.82, 2.24) is 9.55 Å². The van der Waals surface area contributed by atoms with Crippen LogP contribution in [0.2, 0.25) is 0 Å². The van der Waals surface area contributed by atoms with Crippen LogP contribution >= 0.6 is 0 Å². The van der Waals surface area contributed by atoms with Crippen LogP contribution in [-0.4, -0.2) is 9.55 Å². The highest BCUT2D eigenvalue weighted by molar-refractivity contribution is 5.37. The normalized spacial score (nSPS) is 13.0. The molecule has 0 saturated heterocycles. The molecule has 0 saturated carbocycles. The van der Waals surface area contributed by atoms with Crippen molar-refractivity contribution in [2.45, 2.75) is 19.9 Å². The van der Waals surface area contributed by atoms with Gasteiger partial charge in [0, 0.05) is 18.2 Å². The van der Waals surface area contributed by atoms with Crippen LogP contribution in [0.4, 0.5) is 13.2 Å². The minimum atomic E-state index is -1.24. The molecule has 0 bridgehead atoms. The minimum absolute atomic E-state index is 0.0805. The van der Waals surface area contributed by atoms with E-state index in [0.29, 0.717) is 11.8 Å². The summed E-state index contributed by atoms with van der Waals surface area (Å²) < 4.78 is 41.5. The van der Waals surface area contributed by atoms with E-state index in [4.69, 9.17) is 5.73 Å². The van der Waals surface area contributed by atoms with Crippen LogP contribution in [0.15, 0.2) is 24.7 Å². The molecular weight excluding hydrogens is 255 g/mol. The summed E-state index contributed by atoms with van der Waals surface area (Å²) in [5.74, 6) is -3.15. The van der Waals surface area contributed by atoms with E-state index < -0.39 is 23.5 Å². The number of nitrogens with zero attached hydrogens (tertiary/aromatic N) is 2. The fraction of sp³-hybridized carbons (Fsp3) is 0.308. The average Bonchev–Trinajstić information content (AvgIpc) is 2.81. The van der Waals surface area contributed by atoms with Crippen LogP contribution in [-0.2, 0) is 0 Å². The molecule has 0 fully saturated rings. The Labute approximate surface area is 108 Å². The van der Waals surface area contributed by atoms with Crippen LogP contribution in [0.25, 0.3) is 5.69 Å². The molecule has 0 radical (unpaired) electrons. The van der Waals surface area contributed by atoms with Crippen molar-refractivity contribution in [3.05, 3.63) is 47.8 Å². The Bertz CT molecular complexity index is 593. The number of benzene rings is 1. The summed E-state index contributed by atoms with van der Waals surface area (Å²) in [6, 6.07) is 1.00. The minimum Gasteiger partial charge on any atom is -0.322 e. The highest BCUT2D eigenvalue weighted by Crippen LogP contribution is 2.25. The quantitative estimate of drug-likeness (QED) is 0.871. The molecule has 1 heterocycles. The number of rotatable bonds is 3. The number of halogens is 3. The van der Waals surface area contributed by atoms with Crippen LogP contribution in [0.5, 0.6) is 0 Å². The molecule has 0 spiro atoms. The van der Waals surface area contributed by atoms with E-state index in [1.165, 1.54) is 17.1 Å². The van der Waals surface area contributed by atoms with Gasteiger partial charge in [0.1, 0.15) is 5.82 Å². The lowest BCUT2D eigenvalue weighted by atomic mass is 10.0. The number of imidazole rings is 1. The van der Waals surface area contributed by atoms with E-state index in [0.717, 1.165) is 6.07 Å². The standard InChI is InChI=1S/C13H14F3N3/c1-7(2)13(17)11-5-18-6-19(11)10-4-8(14)3-9(15)12(10)16/h3-7,13H,17H2,1-2H3. The second-order valence-corrected chi connectivity index (χ2v) is 4.68. The molecule has 3 nitrogen and oxygen atoms in total. The van der Waals surface area contributed by atoms with Crippen molar-refractivity contribution in [3.8, 4) is 5.69 Å². The average molecular weight is 269 g/mol. The maximum Gasteiger partial charge on any atom is 0.183 e. The largest absolute Gasteiger partial charge is 0.322 e. The van der Waals surface area contributed by atoms with Gasteiger partial charge in [0.25, 0.3) is 0 Å². The van der Waals surface area contributed by atoms with Gasteiger partial charge < -0.3 is 5.73 Å². The zero-order valence-electron chi connectivity index (χ0n) is 10.6. The first-order chi connectivity index (χ1) is 8.91. The third-order valence-electron chi connectivity index (χ3n) is 2.96.